The van der Waals surface area contributed by atoms with Gasteiger partial charge in [0, 0.05) is 30.0 Å². The zero-order valence-corrected chi connectivity index (χ0v) is 21.9. The van der Waals surface area contributed by atoms with Crippen LogP contribution >= 0.6 is 23.4 Å². The number of amides is 1. The minimum atomic E-state index is -1.53. The molecular formula is C24H29Cl2N3O6. The van der Waals surface area contributed by atoms with Gasteiger partial charge < -0.3 is 18.9 Å². The number of hydrogen-bond acceptors (Lipinski definition) is 8. The zero-order valence-electron chi connectivity index (χ0n) is 20.3. The summed E-state index contributed by atoms with van der Waals surface area (Å²) < 4.78 is 22.9. The van der Waals surface area contributed by atoms with Crippen LogP contribution in [-0.4, -0.2) is 44.2 Å². The summed E-state index contributed by atoms with van der Waals surface area (Å²) in [6.07, 6.45) is 0. The van der Waals surface area contributed by atoms with Crippen molar-refractivity contribution in [2.24, 2.45) is 10.2 Å². The van der Waals surface area contributed by atoms with E-state index in [1.54, 1.807) is 38.1 Å². The lowest BCUT2D eigenvalue weighted by molar-refractivity contribution is -0.126. The van der Waals surface area contributed by atoms with Crippen molar-refractivity contribution >= 4 is 46.4 Å². The highest BCUT2D eigenvalue weighted by molar-refractivity contribution is 6.39. The van der Waals surface area contributed by atoms with Crippen molar-refractivity contribution in [3.05, 3.63) is 35.4 Å². The highest BCUT2D eigenvalue weighted by atomic mass is 35.5. The number of halogens is 2. The molecule has 2 rings (SSSR count). The topological polar surface area (TPSA) is 99.0 Å². The Morgan fingerprint density at radius 3 is 2.09 bits per heavy atom. The summed E-state index contributed by atoms with van der Waals surface area (Å²) in [7, 11) is 0. The monoisotopic (exact) mass is 525 g/mol. The molecule has 1 amide bonds. The number of azo groups is 1. The van der Waals surface area contributed by atoms with E-state index in [1.807, 2.05) is 13.8 Å². The van der Waals surface area contributed by atoms with Gasteiger partial charge in [-0.2, -0.15) is 10.2 Å². The van der Waals surface area contributed by atoms with E-state index in [4.69, 9.17) is 42.3 Å². The molecule has 0 aliphatic carbocycles. The number of ketones is 1. The van der Waals surface area contributed by atoms with E-state index in [9.17, 15) is 9.59 Å². The van der Waals surface area contributed by atoms with E-state index in [-0.39, 0.29) is 16.4 Å². The van der Waals surface area contributed by atoms with Crippen LogP contribution in [0.3, 0.4) is 0 Å². The van der Waals surface area contributed by atoms with Gasteiger partial charge in [-0.15, -0.1) is 0 Å². The summed E-state index contributed by atoms with van der Waals surface area (Å²) in [4.78, 5) is 25.5. The first-order chi connectivity index (χ1) is 16.8. The maximum Gasteiger partial charge on any atom is 0.276 e. The van der Waals surface area contributed by atoms with Crippen molar-refractivity contribution < 1.29 is 28.5 Å². The number of carbonyl (C=O) groups is 2. The molecule has 35 heavy (non-hydrogen) atoms. The fraction of sp³-hybridized carbons (Fsp3) is 0.417. The van der Waals surface area contributed by atoms with Crippen LogP contribution in [0.5, 0.6) is 23.0 Å². The minimum Gasteiger partial charge on any atom is -0.494 e. The molecule has 0 N–H and O–H groups in total. The Labute approximate surface area is 215 Å². The second-order valence-electron chi connectivity index (χ2n) is 6.96. The van der Waals surface area contributed by atoms with Gasteiger partial charge in [0.25, 0.3) is 5.91 Å². The third-order valence-corrected chi connectivity index (χ3v) is 5.18. The highest BCUT2D eigenvalue weighted by Gasteiger charge is 2.31. The van der Waals surface area contributed by atoms with Crippen molar-refractivity contribution in [2.45, 2.75) is 40.7 Å². The third kappa shape index (κ3) is 7.47. The summed E-state index contributed by atoms with van der Waals surface area (Å²) in [5, 5.41) is 8.20. The first kappa shape index (κ1) is 28.2. The Morgan fingerprint density at radius 1 is 0.886 bits per heavy atom. The highest BCUT2D eigenvalue weighted by Crippen LogP contribution is 2.39. The van der Waals surface area contributed by atoms with Gasteiger partial charge in [-0.3, -0.25) is 9.59 Å². The molecule has 11 heteroatoms. The van der Waals surface area contributed by atoms with Crippen LogP contribution in [-0.2, 0) is 9.59 Å². The number of rotatable bonds is 13. The summed E-state index contributed by atoms with van der Waals surface area (Å²) >= 11 is 12.8. The summed E-state index contributed by atoms with van der Waals surface area (Å²) in [6.45, 7) is 10.0. The Balaban J connectivity index is 2.43. The van der Waals surface area contributed by atoms with Crippen LogP contribution in [0.15, 0.2) is 40.6 Å². The fourth-order valence-electron chi connectivity index (χ4n) is 2.98. The molecule has 0 aliphatic heterocycles. The van der Waals surface area contributed by atoms with Crippen LogP contribution in [0.1, 0.15) is 34.6 Å². The van der Waals surface area contributed by atoms with Gasteiger partial charge in [-0.1, -0.05) is 11.6 Å². The van der Waals surface area contributed by atoms with Gasteiger partial charge in [0.05, 0.1) is 26.4 Å². The van der Waals surface area contributed by atoms with E-state index in [0.29, 0.717) is 49.4 Å². The largest absolute Gasteiger partial charge is 0.494 e. The summed E-state index contributed by atoms with van der Waals surface area (Å²) in [6, 6.07) is 6.51. The molecular weight excluding hydrogens is 497 g/mol. The molecule has 9 nitrogen and oxygen atoms in total. The Morgan fingerprint density at radius 2 is 1.49 bits per heavy atom. The van der Waals surface area contributed by atoms with Crippen LogP contribution in [0, 0.1) is 0 Å². The van der Waals surface area contributed by atoms with Crippen molar-refractivity contribution in [1.29, 1.82) is 0 Å². The molecule has 2 aromatic carbocycles. The second kappa shape index (κ2) is 13.7. The van der Waals surface area contributed by atoms with E-state index < -0.39 is 17.7 Å². The van der Waals surface area contributed by atoms with Crippen molar-refractivity contribution in [3.63, 3.8) is 0 Å². The molecule has 2 aromatic rings. The minimum absolute atomic E-state index is 0.166. The molecule has 0 saturated heterocycles. The lowest BCUT2D eigenvalue weighted by Crippen LogP contribution is -2.36. The van der Waals surface area contributed by atoms with Crippen molar-refractivity contribution in [3.8, 4) is 23.0 Å². The summed E-state index contributed by atoms with van der Waals surface area (Å²) in [5.41, 5.74) is 0.385. The van der Waals surface area contributed by atoms with Crippen molar-refractivity contribution in [2.75, 3.05) is 30.8 Å². The molecule has 0 radical (unpaired) electrons. The number of nitrogens with zero attached hydrogens (tertiary/aromatic N) is 3. The van der Waals surface area contributed by atoms with E-state index in [0.717, 1.165) is 4.42 Å². The lowest BCUT2D eigenvalue weighted by atomic mass is 10.2. The van der Waals surface area contributed by atoms with Crippen molar-refractivity contribution in [1.82, 2.24) is 0 Å². The van der Waals surface area contributed by atoms with Gasteiger partial charge in [0.1, 0.15) is 39.4 Å². The summed E-state index contributed by atoms with van der Waals surface area (Å²) in [5.74, 6) is 0.228. The van der Waals surface area contributed by atoms with Crippen LogP contribution in [0.2, 0.25) is 5.02 Å². The molecule has 0 aliphatic rings. The zero-order chi connectivity index (χ0) is 26.0. The fourth-order valence-corrected chi connectivity index (χ4v) is 3.40. The maximum atomic E-state index is 13.2. The number of Topliss-reactive ketones (excluding diaryl/α,β-unsaturated/α-hetero) is 1. The average molecular weight is 526 g/mol. The quantitative estimate of drug-likeness (QED) is 0.176. The molecule has 0 heterocycles. The molecule has 1 unspecified atom stereocenters. The van der Waals surface area contributed by atoms with Crippen LogP contribution in [0.4, 0.5) is 11.4 Å². The molecule has 0 aromatic heterocycles. The van der Waals surface area contributed by atoms with E-state index in [1.165, 1.54) is 13.0 Å². The number of carbonyl (C=O) groups excluding carboxylic acids is 2. The number of anilines is 1. The number of hydrogen-bond donors (Lipinski definition) is 0. The van der Waals surface area contributed by atoms with Gasteiger partial charge in [-0.25, -0.2) is 4.42 Å². The lowest BCUT2D eigenvalue weighted by Gasteiger charge is -2.20. The molecule has 1 atom stereocenters. The van der Waals surface area contributed by atoms with Crippen LogP contribution < -0.4 is 23.4 Å². The third-order valence-electron chi connectivity index (χ3n) is 4.45. The Hall–Kier alpha value is -3.04. The van der Waals surface area contributed by atoms with Crippen LogP contribution in [0.25, 0.3) is 0 Å². The Kier molecular flexibility index (Phi) is 11.1. The standard InChI is InChI=1S/C24H29Cl2N3O6/c1-6-32-16-10-11-20(34-8-3)19(13-16)29(26)24(31)23(15(5)30)28-27-18-12-17(33-7-2)14-21(22(18)25)35-9-4/h10-14,23H,6-9H2,1-5H3. The molecule has 0 saturated carbocycles. The molecule has 0 fully saturated rings. The van der Waals surface area contributed by atoms with Gasteiger partial charge >= 0.3 is 0 Å². The predicted molar refractivity (Wildman–Crippen MR) is 135 cm³/mol. The van der Waals surface area contributed by atoms with Gasteiger partial charge in [-0.05, 0) is 46.8 Å². The predicted octanol–water partition coefficient (Wildman–Crippen LogP) is 6.16. The number of benzene rings is 2. The first-order valence-electron chi connectivity index (χ1n) is 11.2. The normalized spacial score (nSPS) is 11.7. The Bertz CT molecular complexity index is 1060. The van der Waals surface area contributed by atoms with E-state index >= 15 is 0 Å². The number of ether oxygens (including phenoxy) is 4. The SMILES string of the molecule is CCOc1cc(N=NC(C(C)=O)C(=O)N(Cl)c2cc(OCC)ccc2OCC)c(Cl)c(OCC)c1. The molecule has 190 valence electrons. The molecule has 0 spiro atoms. The molecule has 0 bridgehead atoms. The average Bonchev–Trinajstić information content (AvgIpc) is 2.82. The van der Waals surface area contributed by atoms with Gasteiger partial charge in [0.15, 0.2) is 5.78 Å². The first-order valence-corrected chi connectivity index (χ1v) is 11.9. The second-order valence-corrected chi connectivity index (χ2v) is 7.68. The van der Waals surface area contributed by atoms with E-state index in [2.05, 4.69) is 10.2 Å². The smallest absolute Gasteiger partial charge is 0.276 e. The maximum absolute atomic E-state index is 13.2. The van der Waals surface area contributed by atoms with Gasteiger partial charge in [0.2, 0.25) is 6.04 Å².